The van der Waals surface area contributed by atoms with Gasteiger partial charge < -0.3 is 9.47 Å². The van der Waals surface area contributed by atoms with E-state index in [-0.39, 0.29) is 35.4 Å². The molecule has 4 aliphatic rings. The van der Waals surface area contributed by atoms with Crippen molar-refractivity contribution in [2.75, 3.05) is 6.61 Å². The lowest BCUT2D eigenvalue weighted by molar-refractivity contribution is -0.168. The van der Waals surface area contributed by atoms with Gasteiger partial charge >= 0.3 is 11.9 Å². The quantitative estimate of drug-likeness (QED) is 0.199. The minimum atomic E-state index is -0.411. The summed E-state index contributed by atoms with van der Waals surface area (Å²) in [6.07, 6.45) is 16.7. The molecule has 0 aromatic carbocycles. The van der Waals surface area contributed by atoms with E-state index in [0.717, 1.165) is 42.9 Å². The lowest BCUT2D eigenvalue weighted by Crippen LogP contribution is -2.58. The monoisotopic (exact) mass is 556 g/mol. The Bertz CT molecular complexity index is 968. The third kappa shape index (κ3) is 5.44. The van der Waals surface area contributed by atoms with E-state index in [4.69, 9.17) is 9.47 Å². The summed E-state index contributed by atoms with van der Waals surface area (Å²) in [5.41, 5.74) is 2.83. The zero-order valence-corrected chi connectivity index (χ0v) is 27.4. The first-order valence-electron chi connectivity index (χ1n) is 16.8. The third-order valence-corrected chi connectivity index (χ3v) is 13.5. The summed E-state index contributed by atoms with van der Waals surface area (Å²) < 4.78 is 11.1. The predicted molar refractivity (Wildman–Crippen MR) is 163 cm³/mol. The van der Waals surface area contributed by atoms with E-state index < -0.39 is 5.97 Å². The number of hydrogen-bond acceptors (Lipinski definition) is 4. The fourth-order valence-electron chi connectivity index (χ4n) is 10.2. The van der Waals surface area contributed by atoms with Gasteiger partial charge in [0.1, 0.15) is 6.10 Å². The van der Waals surface area contributed by atoms with Crippen LogP contribution >= 0.6 is 0 Å². The van der Waals surface area contributed by atoms with E-state index in [1.807, 2.05) is 13.8 Å². The van der Waals surface area contributed by atoms with Crippen molar-refractivity contribution in [3.8, 4) is 0 Å². The maximum Gasteiger partial charge on any atom is 0.344 e. The molecule has 4 rings (SSSR count). The number of esters is 2. The summed E-state index contributed by atoms with van der Waals surface area (Å²) in [6.45, 7) is 21.2. The van der Waals surface area contributed by atoms with E-state index in [2.05, 4.69) is 54.5 Å². The Morgan fingerprint density at radius 1 is 0.950 bits per heavy atom. The molecule has 0 heterocycles. The summed E-state index contributed by atoms with van der Waals surface area (Å²) in [4.78, 5) is 24.5. The highest BCUT2D eigenvalue weighted by atomic mass is 16.6. The van der Waals surface area contributed by atoms with Crippen LogP contribution in [0.2, 0.25) is 0 Å². The van der Waals surface area contributed by atoms with Crippen LogP contribution in [0.15, 0.2) is 11.6 Å². The van der Waals surface area contributed by atoms with Gasteiger partial charge in [0.2, 0.25) is 0 Å². The van der Waals surface area contributed by atoms with E-state index in [0.29, 0.717) is 17.3 Å². The fourth-order valence-corrected chi connectivity index (χ4v) is 10.2. The second kappa shape index (κ2) is 11.8. The Labute approximate surface area is 245 Å². The van der Waals surface area contributed by atoms with Gasteiger partial charge in [0, 0.05) is 6.42 Å². The van der Waals surface area contributed by atoms with Gasteiger partial charge in [-0.15, -0.1) is 0 Å². The van der Waals surface area contributed by atoms with Gasteiger partial charge in [0.05, 0.1) is 5.92 Å². The molecular formula is C36H60O4. The normalized spacial score (nSPS) is 40.4. The van der Waals surface area contributed by atoms with Crippen molar-refractivity contribution in [2.45, 2.75) is 145 Å². The van der Waals surface area contributed by atoms with Crippen LogP contribution in [0.3, 0.4) is 0 Å². The van der Waals surface area contributed by atoms with Gasteiger partial charge in [-0.3, -0.25) is 4.79 Å². The van der Waals surface area contributed by atoms with Gasteiger partial charge in [-0.05, 0) is 96.7 Å². The summed E-state index contributed by atoms with van der Waals surface area (Å²) in [5.74, 6) is 2.22. The molecule has 4 heteroatoms. The molecule has 0 spiro atoms. The van der Waals surface area contributed by atoms with Crippen LogP contribution in [-0.2, 0) is 19.1 Å². The standard InChI is InChI=1S/C36H60O4/c1-10-25(4)32(38)39-23-31(37)40-28-16-18-35(8)27(22-28)14-15-30-34(7)21-20-33(6,26(5)13-11-12-24(2)3)29(34)17-19-36(30,35)9/h14,24-26,28-30H,10-13,15-23H2,1-9H3/t25?,26-,28?,29-,30+,33-,34-,35+,36+/m1/s1. The Morgan fingerprint density at radius 2 is 1.68 bits per heavy atom. The van der Waals surface area contributed by atoms with Crippen molar-refractivity contribution in [3.05, 3.63) is 11.6 Å². The molecule has 4 aliphatic carbocycles. The number of hydrogen-bond donors (Lipinski definition) is 0. The number of carbonyl (C=O) groups is 2. The molecule has 0 aliphatic heterocycles. The molecular weight excluding hydrogens is 496 g/mol. The predicted octanol–water partition coefficient (Wildman–Crippen LogP) is 9.31. The SMILES string of the molecule is CCC(C)C(=O)OCC(=O)OC1CC[C@@]2(C)C(=CC[C@H]3[C@]4(C)CC[C@](C)([C@H](C)CCCC(C)C)[C@H]4CC[C@@]32C)C1. The molecule has 3 saturated carbocycles. The van der Waals surface area contributed by atoms with Crippen molar-refractivity contribution >= 4 is 11.9 Å². The molecule has 0 bridgehead atoms. The highest BCUT2D eigenvalue weighted by molar-refractivity contribution is 5.77. The number of ether oxygens (including phenoxy) is 2. The smallest absolute Gasteiger partial charge is 0.344 e. The number of carbonyl (C=O) groups excluding carboxylic acids is 2. The summed E-state index contributed by atoms with van der Waals surface area (Å²) in [5, 5.41) is 0. The van der Waals surface area contributed by atoms with Crippen LogP contribution in [0.5, 0.6) is 0 Å². The Balaban J connectivity index is 1.44. The Kier molecular flexibility index (Phi) is 9.29. The van der Waals surface area contributed by atoms with Crippen LogP contribution in [0.25, 0.3) is 0 Å². The molecule has 2 unspecified atom stereocenters. The molecule has 0 saturated heterocycles. The third-order valence-electron chi connectivity index (χ3n) is 13.5. The molecule has 4 nitrogen and oxygen atoms in total. The van der Waals surface area contributed by atoms with Crippen LogP contribution < -0.4 is 0 Å². The Hall–Kier alpha value is -1.32. The summed E-state index contributed by atoms with van der Waals surface area (Å²) >= 11 is 0. The maximum absolute atomic E-state index is 12.5. The van der Waals surface area contributed by atoms with Gasteiger partial charge in [-0.25, -0.2) is 4.79 Å². The van der Waals surface area contributed by atoms with E-state index in [1.165, 1.54) is 56.9 Å². The maximum atomic E-state index is 12.5. The largest absolute Gasteiger partial charge is 0.460 e. The van der Waals surface area contributed by atoms with Gasteiger partial charge in [0.15, 0.2) is 6.61 Å². The molecule has 0 radical (unpaired) electrons. The number of allylic oxidation sites excluding steroid dienone is 1. The topological polar surface area (TPSA) is 52.6 Å². The van der Waals surface area contributed by atoms with Gasteiger partial charge in [-0.2, -0.15) is 0 Å². The van der Waals surface area contributed by atoms with Crippen molar-refractivity contribution in [1.82, 2.24) is 0 Å². The van der Waals surface area contributed by atoms with Crippen molar-refractivity contribution in [3.63, 3.8) is 0 Å². The average Bonchev–Trinajstić information content (AvgIpc) is 3.18. The van der Waals surface area contributed by atoms with E-state index >= 15 is 0 Å². The average molecular weight is 557 g/mol. The highest BCUT2D eigenvalue weighted by Gasteiger charge is 2.67. The second-order valence-electron chi connectivity index (χ2n) is 15.9. The summed E-state index contributed by atoms with van der Waals surface area (Å²) in [7, 11) is 0. The molecule has 0 N–H and O–H groups in total. The fraction of sp³-hybridized carbons (Fsp3) is 0.889. The first kappa shape index (κ1) is 31.6. The zero-order valence-electron chi connectivity index (χ0n) is 27.4. The van der Waals surface area contributed by atoms with Gasteiger partial charge in [-0.1, -0.05) is 93.2 Å². The number of rotatable bonds is 10. The minimum absolute atomic E-state index is 0.109. The zero-order chi connectivity index (χ0) is 29.5. The van der Waals surface area contributed by atoms with Crippen molar-refractivity contribution in [1.29, 1.82) is 0 Å². The van der Waals surface area contributed by atoms with Crippen LogP contribution in [0.4, 0.5) is 0 Å². The van der Waals surface area contributed by atoms with E-state index in [9.17, 15) is 9.59 Å². The highest BCUT2D eigenvalue weighted by Crippen LogP contribution is 2.75. The van der Waals surface area contributed by atoms with Gasteiger partial charge in [0.25, 0.3) is 0 Å². The lowest BCUT2D eigenvalue weighted by atomic mass is 9.39. The van der Waals surface area contributed by atoms with Crippen molar-refractivity contribution < 1.29 is 19.1 Å². The van der Waals surface area contributed by atoms with Crippen LogP contribution in [0.1, 0.15) is 139 Å². The first-order chi connectivity index (χ1) is 18.7. The van der Waals surface area contributed by atoms with E-state index in [1.54, 1.807) is 0 Å². The molecule has 3 fully saturated rings. The minimum Gasteiger partial charge on any atom is -0.460 e. The summed E-state index contributed by atoms with van der Waals surface area (Å²) in [6, 6.07) is 0. The molecule has 0 aromatic rings. The molecule has 0 aromatic heterocycles. The van der Waals surface area contributed by atoms with Crippen LogP contribution in [0, 0.1) is 51.2 Å². The van der Waals surface area contributed by atoms with Crippen molar-refractivity contribution in [2.24, 2.45) is 51.2 Å². The molecule has 0 amide bonds. The Morgan fingerprint density at radius 3 is 2.35 bits per heavy atom. The van der Waals surface area contributed by atoms with Crippen LogP contribution in [-0.4, -0.2) is 24.6 Å². The first-order valence-corrected chi connectivity index (χ1v) is 16.8. The molecule has 40 heavy (non-hydrogen) atoms. The molecule has 228 valence electrons. The molecule has 9 atom stereocenters. The lowest BCUT2D eigenvalue weighted by Gasteiger charge is -2.66. The number of fused-ring (bicyclic) bond motifs is 5. The second-order valence-corrected chi connectivity index (χ2v) is 15.9.